The van der Waals surface area contributed by atoms with Crippen molar-refractivity contribution < 1.29 is 4.79 Å². The molecule has 0 aromatic heterocycles. The summed E-state index contributed by atoms with van der Waals surface area (Å²) < 4.78 is 0. The lowest BCUT2D eigenvalue weighted by molar-refractivity contribution is 0.233. The molecule has 6 nitrogen and oxygen atoms in total. The first-order valence-electron chi connectivity index (χ1n) is 6.76. The molecule has 20 heavy (non-hydrogen) atoms. The van der Waals surface area contributed by atoms with Gasteiger partial charge in [0.25, 0.3) is 0 Å². The Morgan fingerprint density at radius 2 is 2.00 bits per heavy atom. The van der Waals surface area contributed by atoms with Crippen molar-refractivity contribution >= 4 is 11.7 Å². The van der Waals surface area contributed by atoms with E-state index in [1.165, 1.54) is 0 Å². The van der Waals surface area contributed by atoms with Crippen LogP contribution in [-0.2, 0) is 0 Å². The molecule has 3 N–H and O–H groups in total. The lowest BCUT2D eigenvalue weighted by atomic mass is 10.2. The van der Waals surface area contributed by atoms with E-state index in [9.17, 15) is 4.79 Å². The number of hydrogen-bond acceptors (Lipinski definition) is 4. The number of carbonyl (C=O) groups excluding carboxylic acids is 1. The van der Waals surface area contributed by atoms with Gasteiger partial charge in [0.15, 0.2) is 0 Å². The molecule has 106 valence electrons. The number of rotatable bonds is 4. The zero-order valence-corrected chi connectivity index (χ0v) is 11.4. The topological polar surface area (TPSA) is 80.2 Å². The molecule has 1 aliphatic heterocycles. The Hall–Kier alpha value is -2.10. The van der Waals surface area contributed by atoms with Gasteiger partial charge in [-0.05, 0) is 24.3 Å². The Bertz CT molecular complexity index is 473. The van der Waals surface area contributed by atoms with E-state index in [-0.39, 0.29) is 6.03 Å². The summed E-state index contributed by atoms with van der Waals surface area (Å²) in [5.74, 6) is 0. The normalized spacial score (nSPS) is 15.3. The number of nitriles is 1. The van der Waals surface area contributed by atoms with Crippen LogP contribution in [0.4, 0.5) is 10.5 Å². The molecule has 0 atom stereocenters. The highest BCUT2D eigenvalue weighted by Gasteiger charge is 2.09. The quantitative estimate of drug-likeness (QED) is 0.750. The van der Waals surface area contributed by atoms with Crippen LogP contribution in [0.1, 0.15) is 5.56 Å². The number of urea groups is 1. The molecule has 2 amide bonds. The summed E-state index contributed by atoms with van der Waals surface area (Å²) in [7, 11) is 0. The molecular weight excluding hydrogens is 254 g/mol. The van der Waals surface area contributed by atoms with Crippen molar-refractivity contribution in [1.29, 1.82) is 5.26 Å². The molecule has 0 aliphatic carbocycles. The zero-order valence-electron chi connectivity index (χ0n) is 11.4. The van der Waals surface area contributed by atoms with Crippen LogP contribution in [0.2, 0.25) is 0 Å². The SMILES string of the molecule is N#Cc1ccc(NC(=O)NCCN2CCNCC2)cc1. The number of piperazine rings is 1. The summed E-state index contributed by atoms with van der Waals surface area (Å²) >= 11 is 0. The highest BCUT2D eigenvalue weighted by molar-refractivity contribution is 5.89. The van der Waals surface area contributed by atoms with Crippen LogP contribution in [0.25, 0.3) is 0 Å². The van der Waals surface area contributed by atoms with E-state index < -0.39 is 0 Å². The maximum absolute atomic E-state index is 11.7. The average Bonchev–Trinajstić information content (AvgIpc) is 2.49. The molecule has 2 rings (SSSR count). The van der Waals surface area contributed by atoms with E-state index in [4.69, 9.17) is 5.26 Å². The molecule has 1 heterocycles. The first kappa shape index (κ1) is 14.3. The number of hydrogen-bond donors (Lipinski definition) is 3. The van der Waals surface area contributed by atoms with E-state index in [0.29, 0.717) is 17.8 Å². The van der Waals surface area contributed by atoms with Crippen molar-refractivity contribution in [3.63, 3.8) is 0 Å². The molecule has 1 aromatic carbocycles. The van der Waals surface area contributed by atoms with Gasteiger partial charge in [-0.1, -0.05) is 0 Å². The molecular formula is C14H19N5O. The third-order valence-electron chi connectivity index (χ3n) is 3.20. The summed E-state index contributed by atoms with van der Waals surface area (Å²) in [4.78, 5) is 14.0. The third-order valence-corrected chi connectivity index (χ3v) is 3.20. The standard InChI is InChI=1S/C14H19N5O/c15-11-12-1-3-13(4-2-12)18-14(20)17-7-10-19-8-5-16-6-9-19/h1-4,16H,5-10H2,(H2,17,18,20). The predicted octanol–water partition coefficient (Wildman–Crippen LogP) is 0.585. The highest BCUT2D eigenvalue weighted by atomic mass is 16.2. The molecule has 1 aromatic rings. The number of nitrogens with one attached hydrogen (secondary N) is 3. The van der Waals surface area contributed by atoms with Gasteiger partial charge in [-0.15, -0.1) is 0 Å². The second-order valence-electron chi connectivity index (χ2n) is 4.66. The fraction of sp³-hybridized carbons (Fsp3) is 0.429. The van der Waals surface area contributed by atoms with Gasteiger partial charge in [0, 0.05) is 45.0 Å². The van der Waals surface area contributed by atoms with Crippen LogP contribution in [0.15, 0.2) is 24.3 Å². The van der Waals surface area contributed by atoms with E-state index >= 15 is 0 Å². The van der Waals surface area contributed by atoms with E-state index in [1.807, 2.05) is 6.07 Å². The second-order valence-corrected chi connectivity index (χ2v) is 4.66. The van der Waals surface area contributed by atoms with Crippen molar-refractivity contribution in [2.45, 2.75) is 0 Å². The van der Waals surface area contributed by atoms with Crippen LogP contribution in [0.3, 0.4) is 0 Å². The van der Waals surface area contributed by atoms with Gasteiger partial charge in [0.1, 0.15) is 0 Å². The molecule has 1 saturated heterocycles. The smallest absolute Gasteiger partial charge is 0.319 e. The van der Waals surface area contributed by atoms with Crippen molar-refractivity contribution in [3.8, 4) is 6.07 Å². The zero-order chi connectivity index (χ0) is 14.2. The number of nitrogens with zero attached hydrogens (tertiary/aromatic N) is 2. The Kier molecular flexibility index (Phi) is 5.35. The molecule has 0 radical (unpaired) electrons. The van der Waals surface area contributed by atoms with Crippen molar-refractivity contribution in [3.05, 3.63) is 29.8 Å². The summed E-state index contributed by atoms with van der Waals surface area (Å²) in [6.45, 7) is 5.57. The van der Waals surface area contributed by atoms with E-state index in [2.05, 4.69) is 20.9 Å². The Morgan fingerprint density at radius 3 is 2.65 bits per heavy atom. The number of anilines is 1. The van der Waals surface area contributed by atoms with Gasteiger partial charge in [-0.2, -0.15) is 5.26 Å². The third kappa shape index (κ3) is 4.53. The Balaban J connectivity index is 1.68. The van der Waals surface area contributed by atoms with Crippen LogP contribution in [0, 0.1) is 11.3 Å². The minimum absolute atomic E-state index is 0.218. The van der Waals surface area contributed by atoms with Gasteiger partial charge in [-0.3, -0.25) is 4.90 Å². The van der Waals surface area contributed by atoms with E-state index in [0.717, 1.165) is 32.7 Å². The molecule has 0 saturated carbocycles. The van der Waals surface area contributed by atoms with Crippen LogP contribution in [-0.4, -0.2) is 50.2 Å². The number of carbonyl (C=O) groups is 1. The summed E-state index contributed by atoms with van der Waals surface area (Å²) in [5, 5.41) is 17.6. The molecule has 0 bridgehead atoms. The van der Waals surface area contributed by atoms with Gasteiger partial charge >= 0.3 is 6.03 Å². The second kappa shape index (κ2) is 7.48. The Morgan fingerprint density at radius 1 is 1.30 bits per heavy atom. The van der Waals surface area contributed by atoms with Gasteiger partial charge in [0.05, 0.1) is 11.6 Å². The Labute approximate surface area is 118 Å². The highest BCUT2D eigenvalue weighted by Crippen LogP contribution is 2.08. The minimum atomic E-state index is -0.218. The maximum atomic E-state index is 11.7. The van der Waals surface area contributed by atoms with Gasteiger partial charge in [0.2, 0.25) is 0 Å². The molecule has 1 aliphatic rings. The van der Waals surface area contributed by atoms with Crippen LogP contribution >= 0.6 is 0 Å². The van der Waals surface area contributed by atoms with E-state index in [1.54, 1.807) is 24.3 Å². The maximum Gasteiger partial charge on any atom is 0.319 e. The lowest BCUT2D eigenvalue weighted by Gasteiger charge is -2.27. The van der Waals surface area contributed by atoms with Crippen LogP contribution < -0.4 is 16.0 Å². The fourth-order valence-electron chi connectivity index (χ4n) is 2.07. The summed E-state index contributed by atoms with van der Waals surface area (Å²) in [5.41, 5.74) is 1.26. The predicted molar refractivity (Wildman–Crippen MR) is 77.5 cm³/mol. The minimum Gasteiger partial charge on any atom is -0.337 e. The van der Waals surface area contributed by atoms with Crippen molar-refractivity contribution in [1.82, 2.24) is 15.5 Å². The first-order chi connectivity index (χ1) is 9.78. The van der Waals surface area contributed by atoms with Gasteiger partial charge < -0.3 is 16.0 Å². The average molecular weight is 273 g/mol. The number of amides is 2. The van der Waals surface area contributed by atoms with Gasteiger partial charge in [-0.25, -0.2) is 4.79 Å². The fourth-order valence-corrected chi connectivity index (χ4v) is 2.07. The van der Waals surface area contributed by atoms with Crippen molar-refractivity contribution in [2.75, 3.05) is 44.6 Å². The largest absolute Gasteiger partial charge is 0.337 e. The van der Waals surface area contributed by atoms with Crippen molar-refractivity contribution in [2.24, 2.45) is 0 Å². The number of benzene rings is 1. The summed E-state index contributed by atoms with van der Waals surface area (Å²) in [6, 6.07) is 8.61. The van der Waals surface area contributed by atoms with Crippen LogP contribution in [0.5, 0.6) is 0 Å². The molecule has 6 heteroatoms. The molecule has 1 fully saturated rings. The first-order valence-corrected chi connectivity index (χ1v) is 6.76. The lowest BCUT2D eigenvalue weighted by Crippen LogP contribution is -2.46. The molecule has 0 unspecified atom stereocenters. The summed E-state index contributed by atoms with van der Waals surface area (Å²) in [6.07, 6.45) is 0. The molecule has 0 spiro atoms. The monoisotopic (exact) mass is 273 g/mol.